The first kappa shape index (κ1) is 26.8. The summed E-state index contributed by atoms with van der Waals surface area (Å²) in [5, 5.41) is 0. The largest absolute Gasteiger partial charge is 0.330 e. The molecule has 0 radical (unpaired) electrons. The zero-order chi connectivity index (χ0) is 27.1. The van der Waals surface area contributed by atoms with E-state index in [0.717, 1.165) is 16.7 Å². The molecule has 0 saturated carbocycles. The third kappa shape index (κ3) is 6.81. The van der Waals surface area contributed by atoms with Crippen LogP contribution in [0.25, 0.3) is 0 Å². The maximum Gasteiger partial charge on any atom is 0.254 e. The van der Waals surface area contributed by atoms with Crippen molar-refractivity contribution >= 4 is 15.9 Å². The van der Waals surface area contributed by atoms with Crippen LogP contribution >= 0.6 is 0 Å². The minimum atomic E-state index is -3.46. The Morgan fingerprint density at radius 3 is 1.62 bits per heavy atom. The van der Waals surface area contributed by atoms with Crippen LogP contribution in [-0.4, -0.2) is 54.6 Å². The number of benzene rings is 4. The minimum absolute atomic E-state index is 0.00557. The van der Waals surface area contributed by atoms with Gasteiger partial charge in [-0.25, -0.2) is 8.42 Å². The summed E-state index contributed by atoms with van der Waals surface area (Å²) in [6, 6.07) is 36.5. The maximum atomic E-state index is 13.6. The number of carbonyl (C=O) groups is 1. The van der Waals surface area contributed by atoms with Crippen LogP contribution in [0.15, 0.2) is 120 Å². The third-order valence-corrected chi connectivity index (χ3v) is 8.95. The fourth-order valence-electron chi connectivity index (χ4n) is 4.87. The molecular formula is C32H33N3O3S. The normalized spacial score (nSPS) is 14.7. The van der Waals surface area contributed by atoms with E-state index in [2.05, 4.69) is 4.90 Å². The zero-order valence-corrected chi connectivity index (χ0v) is 22.7. The van der Waals surface area contributed by atoms with Crippen LogP contribution in [0.1, 0.15) is 27.0 Å². The minimum Gasteiger partial charge on any atom is -0.330 e. The summed E-state index contributed by atoms with van der Waals surface area (Å²) in [5.41, 5.74) is 3.94. The molecule has 6 nitrogen and oxygen atoms in total. The molecule has 39 heavy (non-hydrogen) atoms. The van der Waals surface area contributed by atoms with E-state index in [1.807, 2.05) is 95.9 Å². The first-order valence-electron chi connectivity index (χ1n) is 13.2. The van der Waals surface area contributed by atoms with Gasteiger partial charge in [0.2, 0.25) is 10.0 Å². The second kappa shape index (κ2) is 12.4. The van der Waals surface area contributed by atoms with Gasteiger partial charge in [-0.15, -0.1) is 0 Å². The molecule has 0 bridgehead atoms. The van der Waals surface area contributed by atoms with Crippen LogP contribution in [0.4, 0.5) is 0 Å². The quantitative estimate of drug-likeness (QED) is 0.299. The fourth-order valence-corrected chi connectivity index (χ4v) is 6.31. The number of piperazine rings is 1. The summed E-state index contributed by atoms with van der Waals surface area (Å²) >= 11 is 0. The molecule has 1 saturated heterocycles. The summed E-state index contributed by atoms with van der Waals surface area (Å²) in [4.78, 5) is 18.0. The van der Waals surface area contributed by atoms with Crippen molar-refractivity contribution in [3.63, 3.8) is 0 Å². The Morgan fingerprint density at radius 2 is 1.10 bits per heavy atom. The van der Waals surface area contributed by atoms with E-state index in [1.165, 1.54) is 0 Å². The molecular weight excluding hydrogens is 506 g/mol. The van der Waals surface area contributed by atoms with Crippen molar-refractivity contribution in [2.45, 2.75) is 24.5 Å². The molecule has 0 aliphatic carbocycles. The van der Waals surface area contributed by atoms with Crippen molar-refractivity contribution in [2.24, 2.45) is 0 Å². The Bertz CT molecular complexity index is 1410. The van der Waals surface area contributed by atoms with E-state index >= 15 is 0 Å². The molecule has 200 valence electrons. The number of rotatable bonds is 9. The number of hydrogen-bond donors (Lipinski definition) is 0. The van der Waals surface area contributed by atoms with Gasteiger partial charge in [0.05, 0.1) is 4.90 Å². The van der Waals surface area contributed by atoms with Crippen LogP contribution < -0.4 is 0 Å². The van der Waals surface area contributed by atoms with Crippen molar-refractivity contribution in [2.75, 3.05) is 26.2 Å². The molecule has 0 spiro atoms. The van der Waals surface area contributed by atoms with Gasteiger partial charge in [-0.2, -0.15) is 4.31 Å². The van der Waals surface area contributed by atoms with Gasteiger partial charge in [0.25, 0.3) is 5.91 Å². The smallest absolute Gasteiger partial charge is 0.254 e. The van der Waals surface area contributed by atoms with Crippen molar-refractivity contribution in [1.29, 1.82) is 0 Å². The summed E-state index contributed by atoms with van der Waals surface area (Å²) in [7, 11) is -3.46. The maximum absolute atomic E-state index is 13.6. The molecule has 0 aromatic heterocycles. The highest BCUT2D eigenvalue weighted by molar-refractivity contribution is 7.89. The summed E-state index contributed by atoms with van der Waals surface area (Å²) < 4.78 is 27.4. The molecule has 5 rings (SSSR count). The van der Waals surface area contributed by atoms with Gasteiger partial charge in [0, 0.05) is 51.4 Å². The highest BCUT2D eigenvalue weighted by atomic mass is 32.2. The first-order valence-corrected chi connectivity index (χ1v) is 14.7. The molecule has 0 unspecified atom stereocenters. The van der Waals surface area contributed by atoms with Gasteiger partial charge >= 0.3 is 0 Å². The van der Waals surface area contributed by atoms with Gasteiger partial charge < -0.3 is 4.90 Å². The fraction of sp³-hybridized carbons (Fsp3) is 0.219. The average Bonchev–Trinajstić information content (AvgIpc) is 2.99. The van der Waals surface area contributed by atoms with Gasteiger partial charge in [-0.1, -0.05) is 91.0 Å². The highest BCUT2D eigenvalue weighted by Gasteiger charge is 2.28. The lowest BCUT2D eigenvalue weighted by Crippen LogP contribution is -2.48. The predicted molar refractivity (Wildman–Crippen MR) is 153 cm³/mol. The Hall–Kier alpha value is -3.78. The topological polar surface area (TPSA) is 60.9 Å². The van der Waals surface area contributed by atoms with Crippen molar-refractivity contribution in [3.8, 4) is 0 Å². The molecule has 1 fully saturated rings. The standard InChI is InChI=1S/C32H33N3O3S/c36-32(34(25-27-10-4-1-5-11-27)26-28-12-6-2-7-13-28)30-18-16-29(17-19-30)24-33-20-22-35(23-21-33)39(37,38)31-14-8-3-9-15-31/h1-19H,20-26H2. The van der Waals surface area contributed by atoms with Crippen LogP contribution in [0, 0.1) is 0 Å². The monoisotopic (exact) mass is 539 g/mol. The van der Waals surface area contributed by atoms with Gasteiger partial charge in [-0.3, -0.25) is 9.69 Å². The molecule has 1 aliphatic heterocycles. The van der Waals surface area contributed by atoms with Crippen molar-refractivity contribution in [3.05, 3.63) is 138 Å². The second-order valence-corrected chi connectivity index (χ2v) is 11.8. The third-order valence-electron chi connectivity index (χ3n) is 7.04. The average molecular weight is 540 g/mol. The molecule has 7 heteroatoms. The van der Waals surface area contributed by atoms with Gasteiger partial charge in [-0.05, 0) is 41.0 Å². The summed E-state index contributed by atoms with van der Waals surface area (Å²) in [6.45, 7) is 4.03. The molecule has 0 atom stereocenters. The second-order valence-electron chi connectivity index (χ2n) is 9.82. The number of sulfonamides is 1. The lowest BCUT2D eigenvalue weighted by Gasteiger charge is -2.34. The zero-order valence-electron chi connectivity index (χ0n) is 21.9. The predicted octanol–water partition coefficient (Wildman–Crippen LogP) is 5.04. The molecule has 4 aromatic rings. The van der Waals surface area contributed by atoms with Gasteiger partial charge in [0.1, 0.15) is 0 Å². The molecule has 1 heterocycles. The highest BCUT2D eigenvalue weighted by Crippen LogP contribution is 2.19. The Kier molecular flexibility index (Phi) is 8.51. The summed E-state index contributed by atoms with van der Waals surface area (Å²) in [6.07, 6.45) is 0. The first-order chi connectivity index (χ1) is 19.0. The number of carbonyl (C=O) groups excluding carboxylic acids is 1. The van der Waals surface area contributed by atoms with E-state index in [1.54, 1.807) is 28.6 Å². The number of nitrogens with zero attached hydrogens (tertiary/aromatic N) is 3. The Balaban J connectivity index is 1.21. The van der Waals surface area contributed by atoms with E-state index in [9.17, 15) is 13.2 Å². The van der Waals surface area contributed by atoms with E-state index in [0.29, 0.717) is 56.3 Å². The lowest BCUT2D eigenvalue weighted by molar-refractivity contribution is 0.0730. The lowest BCUT2D eigenvalue weighted by atomic mass is 10.1. The molecule has 0 N–H and O–H groups in total. The number of hydrogen-bond acceptors (Lipinski definition) is 4. The van der Waals surface area contributed by atoms with Crippen LogP contribution in [0.2, 0.25) is 0 Å². The van der Waals surface area contributed by atoms with Crippen LogP contribution in [0.3, 0.4) is 0 Å². The molecule has 4 aromatic carbocycles. The summed E-state index contributed by atoms with van der Waals surface area (Å²) in [5.74, 6) is -0.00557. The molecule has 1 amide bonds. The number of amides is 1. The van der Waals surface area contributed by atoms with Gasteiger partial charge in [0.15, 0.2) is 0 Å². The Labute approximate surface area is 231 Å². The SMILES string of the molecule is O=C(c1ccc(CN2CCN(S(=O)(=O)c3ccccc3)CC2)cc1)N(Cc1ccccc1)Cc1ccccc1. The van der Waals surface area contributed by atoms with Crippen molar-refractivity contribution in [1.82, 2.24) is 14.1 Å². The van der Waals surface area contributed by atoms with Crippen LogP contribution in [-0.2, 0) is 29.7 Å². The Morgan fingerprint density at radius 1 is 0.615 bits per heavy atom. The van der Waals surface area contributed by atoms with E-state index in [4.69, 9.17) is 0 Å². The molecule has 1 aliphatic rings. The van der Waals surface area contributed by atoms with E-state index < -0.39 is 10.0 Å². The van der Waals surface area contributed by atoms with Crippen molar-refractivity contribution < 1.29 is 13.2 Å². The van der Waals surface area contributed by atoms with E-state index in [-0.39, 0.29) is 5.91 Å². The van der Waals surface area contributed by atoms with Crippen LogP contribution in [0.5, 0.6) is 0 Å².